The Morgan fingerprint density at radius 2 is 2.24 bits per heavy atom. The highest BCUT2D eigenvalue weighted by molar-refractivity contribution is 5.76. The van der Waals surface area contributed by atoms with E-state index in [1.54, 1.807) is 0 Å². The van der Waals surface area contributed by atoms with Gasteiger partial charge in [-0.2, -0.15) is 0 Å². The van der Waals surface area contributed by atoms with Crippen molar-refractivity contribution in [1.29, 1.82) is 5.41 Å². The second-order valence-corrected chi connectivity index (χ2v) is 4.99. The Hall–Kier alpha value is -0.710. The zero-order valence-electron chi connectivity index (χ0n) is 10.5. The first kappa shape index (κ1) is 14.4. The molecule has 0 aliphatic heterocycles. The van der Waals surface area contributed by atoms with Crippen LogP contribution in [0.5, 0.6) is 0 Å². The predicted molar refractivity (Wildman–Crippen MR) is 65.6 cm³/mol. The lowest BCUT2D eigenvalue weighted by atomic mass is 9.86. The molecule has 1 saturated carbocycles. The average Bonchev–Trinajstić information content (AvgIpc) is 2.22. The molecule has 1 fully saturated rings. The predicted octanol–water partition coefficient (Wildman–Crippen LogP) is 2.46. The summed E-state index contributed by atoms with van der Waals surface area (Å²) in [4.78, 5) is 2.12. The van der Waals surface area contributed by atoms with Gasteiger partial charge in [-0.25, -0.2) is 8.78 Å². The van der Waals surface area contributed by atoms with Crippen LogP contribution in [0, 0.1) is 11.3 Å². The van der Waals surface area contributed by atoms with Crippen LogP contribution in [0.25, 0.3) is 0 Å². The molecule has 1 aliphatic rings. The minimum atomic E-state index is -2.47. The van der Waals surface area contributed by atoms with Crippen LogP contribution < -0.4 is 5.73 Å². The van der Waals surface area contributed by atoms with Gasteiger partial charge in [0.1, 0.15) is 0 Å². The molecule has 17 heavy (non-hydrogen) atoms. The summed E-state index contributed by atoms with van der Waals surface area (Å²) in [5.41, 5.74) is 5.31. The van der Waals surface area contributed by atoms with Gasteiger partial charge in [0.05, 0.1) is 5.84 Å². The Morgan fingerprint density at radius 1 is 1.53 bits per heavy atom. The van der Waals surface area contributed by atoms with Crippen LogP contribution in [0.4, 0.5) is 8.78 Å². The molecule has 0 aromatic heterocycles. The van der Waals surface area contributed by atoms with E-state index in [4.69, 9.17) is 11.1 Å². The highest BCUT2D eigenvalue weighted by Gasteiger charge is 2.36. The first-order valence-electron chi connectivity index (χ1n) is 6.36. The Balaban J connectivity index is 2.36. The van der Waals surface area contributed by atoms with Crippen molar-refractivity contribution in [2.75, 3.05) is 19.6 Å². The quantitative estimate of drug-likeness (QED) is 0.559. The first-order valence-corrected chi connectivity index (χ1v) is 6.36. The van der Waals surface area contributed by atoms with Crippen molar-refractivity contribution in [3.8, 4) is 0 Å². The van der Waals surface area contributed by atoms with Crippen LogP contribution in [0.3, 0.4) is 0 Å². The van der Waals surface area contributed by atoms with Gasteiger partial charge in [-0.3, -0.25) is 5.41 Å². The molecule has 1 unspecified atom stereocenters. The van der Waals surface area contributed by atoms with E-state index in [0.717, 1.165) is 13.0 Å². The summed E-state index contributed by atoms with van der Waals surface area (Å²) in [5, 5.41) is 7.18. The Kier molecular flexibility index (Phi) is 5.31. The molecule has 0 bridgehead atoms. The second-order valence-electron chi connectivity index (χ2n) is 4.99. The minimum Gasteiger partial charge on any atom is -0.388 e. The molecule has 1 atom stereocenters. The topological polar surface area (TPSA) is 53.1 Å². The van der Waals surface area contributed by atoms with Crippen molar-refractivity contribution in [2.45, 2.75) is 45.0 Å². The van der Waals surface area contributed by atoms with Gasteiger partial charge in [0, 0.05) is 32.4 Å². The fraction of sp³-hybridized carbons (Fsp3) is 0.917. The van der Waals surface area contributed by atoms with Crippen molar-refractivity contribution in [1.82, 2.24) is 4.90 Å². The fourth-order valence-corrected chi connectivity index (χ4v) is 2.45. The maximum atomic E-state index is 13.3. The zero-order chi connectivity index (χ0) is 12.9. The summed E-state index contributed by atoms with van der Waals surface area (Å²) < 4.78 is 26.5. The number of rotatable bonds is 6. The number of nitrogens with two attached hydrogens (primary N) is 1. The van der Waals surface area contributed by atoms with Crippen LogP contribution in [0.1, 0.15) is 39.0 Å². The second kappa shape index (κ2) is 6.28. The van der Waals surface area contributed by atoms with Gasteiger partial charge in [-0.05, 0) is 25.3 Å². The molecular weight excluding hydrogens is 224 g/mol. The molecule has 0 amide bonds. The zero-order valence-corrected chi connectivity index (χ0v) is 10.5. The van der Waals surface area contributed by atoms with Crippen molar-refractivity contribution in [2.24, 2.45) is 11.7 Å². The SMILES string of the molecule is CCN(CCC(=N)N)CC1CCCC(F)(F)C1. The van der Waals surface area contributed by atoms with Crippen molar-refractivity contribution < 1.29 is 8.78 Å². The lowest BCUT2D eigenvalue weighted by Crippen LogP contribution is -2.36. The summed E-state index contributed by atoms with van der Waals surface area (Å²) in [6.07, 6.45) is 2.11. The molecule has 0 aromatic rings. The maximum absolute atomic E-state index is 13.3. The van der Waals surface area contributed by atoms with Crippen LogP contribution in [0.2, 0.25) is 0 Å². The Morgan fingerprint density at radius 3 is 2.76 bits per heavy atom. The summed E-state index contributed by atoms with van der Waals surface area (Å²) in [6, 6.07) is 0. The highest BCUT2D eigenvalue weighted by atomic mass is 19.3. The molecular formula is C12H23F2N3. The third kappa shape index (κ3) is 5.44. The number of alkyl halides is 2. The number of halogens is 2. The van der Waals surface area contributed by atoms with Crippen molar-refractivity contribution >= 4 is 5.84 Å². The van der Waals surface area contributed by atoms with Gasteiger partial charge in [0.25, 0.3) is 0 Å². The number of hydrogen-bond acceptors (Lipinski definition) is 2. The fourth-order valence-electron chi connectivity index (χ4n) is 2.45. The van der Waals surface area contributed by atoms with Gasteiger partial charge in [-0.1, -0.05) is 6.92 Å². The Labute approximate surface area is 102 Å². The van der Waals surface area contributed by atoms with E-state index in [1.165, 1.54) is 0 Å². The van der Waals surface area contributed by atoms with Gasteiger partial charge < -0.3 is 10.6 Å². The lowest BCUT2D eigenvalue weighted by molar-refractivity contribution is -0.0566. The van der Waals surface area contributed by atoms with Gasteiger partial charge in [0.2, 0.25) is 5.92 Å². The summed E-state index contributed by atoms with van der Waals surface area (Å²) in [6.45, 7) is 4.25. The molecule has 0 aromatic carbocycles. The summed E-state index contributed by atoms with van der Waals surface area (Å²) >= 11 is 0. The highest BCUT2D eigenvalue weighted by Crippen LogP contribution is 2.36. The van der Waals surface area contributed by atoms with E-state index in [1.807, 2.05) is 6.92 Å². The molecule has 0 radical (unpaired) electrons. The lowest BCUT2D eigenvalue weighted by Gasteiger charge is -2.32. The van der Waals surface area contributed by atoms with Gasteiger partial charge >= 0.3 is 0 Å². The van der Waals surface area contributed by atoms with Crippen LogP contribution in [-0.2, 0) is 0 Å². The van der Waals surface area contributed by atoms with E-state index in [9.17, 15) is 8.78 Å². The summed E-state index contributed by atoms with van der Waals surface area (Å²) in [5.74, 6) is -2.22. The van der Waals surface area contributed by atoms with Crippen LogP contribution >= 0.6 is 0 Å². The van der Waals surface area contributed by atoms with E-state index in [2.05, 4.69) is 4.90 Å². The molecule has 0 spiro atoms. The molecule has 0 saturated heterocycles. The first-order chi connectivity index (χ1) is 7.93. The molecule has 1 rings (SSSR count). The number of nitrogens with one attached hydrogen (secondary N) is 1. The smallest absolute Gasteiger partial charge is 0.248 e. The molecule has 100 valence electrons. The third-order valence-corrected chi connectivity index (χ3v) is 3.40. The van der Waals surface area contributed by atoms with E-state index in [0.29, 0.717) is 25.9 Å². The summed E-state index contributed by atoms with van der Waals surface area (Å²) in [7, 11) is 0. The van der Waals surface area contributed by atoms with E-state index >= 15 is 0 Å². The van der Waals surface area contributed by atoms with E-state index in [-0.39, 0.29) is 24.6 Å². The number of amidine groups is 1. The normalized spacial score (nSPS) is 23.9. The van der Waals surface area contributed by atoms with E-state index < -0.39 is 5.92 Å². The van der Waals surface area contributed by atoms with Crippen LogP contribution in [-0.4, -0.2) is 36.3 Å². The standard InChI is InChI=1S/C12H23F2N3/c1-2-17(7-5-11(15)16)9-10-4-3-6-12(13,14)8-10/h10H,2-9H2,1H3,(H3,15,16). The van der Waals surface area contributed by atoms with Crippen molar-refractivity contribution in [3.63, 3.8) is 0 Å². The number of nitrogens with zero attached hydrogens (tertiary/aromatic N) is 1. The molecule has 3 nitrogen and oxygen atoms in total. The molecule has 5 heteroatoms. The van der Waals surface area contributed by atoms with Gasteiger partial charge in [0.15, 0.2) is 0 Å². The minimum absolute atomic E-state index is 0.0174. The largest absolute Gasteiger partial charge is 0.388 e. The average molecular weight is 247 g/mol. The monoisotopic (exact) mass is 247 g/mol. The van der Waals surface area contributed by atoms with Gasteiger partial charge in [-0.15, -0.1) is 0 Å². The third-order valence-electron chi connectivity index (χ3n) is 3.40. The molecule has 3 N–H and O–H groups in total. The van der Waals surface area contributed by atoms with Crippen LogP contribution in [0.15, 0.2) is 0 Å². The maximum Gasteiger partial charge on any atom is 0.248 e. The Bertz CT molecular complexity index is 256. The molecule has 1 aliphatic carbocycles. The van der Waals surface area contributed by atoms with Crippen molar-refractivity contribution in [3.05, 3.63) is 0 Å². The molecule has 0 heterocycles. The number of hydrogen-bond donors (Lipinski definition) is 2.